The molecule has 4 aromatic rings. The van der Waals surface area contributed by atoms with Crippen LogP contribution in [0.25, 0.3) is 11.2 Å². The number of hydrazone groups is 1. The molecule has 0 aliphatic rings. The Morgan fingerprint density at radius 3 is 2.45 bits per heavy atom. The molecular formula is C23H23ClN6O3. The molecule has 0 atom stereocenters. The second-order valence-corrected chi connectivity index (χ2v) is 7.94. The van der Waals surface area contributed by atoms with Crippen LogP contribution in [0.3, 0.4) is 0 Å². The fourth-order valence-electron chi connectivity index (χ4n) is 3.51. The van der Waals surface area contributed by atoms with E-state index in [0.29, 0.717) is 16.7 Å². The minimum atomic E-state index is -0.459. The molecule has 0 fully saturated rings. The van der Waals surface area contributed by atoms with Crippen molar-refractivity contribution in [1.29, 1.82) is 0 Å². The lowest BCUT2D eigenvalue weighted by atomic mass is 10.1. The van der Waals surface area contributed by atoms with Crippen LogP contribution in [0.4, 0.5) is 5.95 Å². The van der Waals surface area contributed by atoms with Crippen molar-refractivity contribution in [3.8, 4) is 5.75 Å². The third-order valence-corrected chi connectivity index (χ3v) is 5.83. The first kappa shape index (κ1) is 22.3. The summed E-state index contributed by atoms with van der Waals surface area (Å²) in [5.41, 5.74) is 4.99. The number of aryl methyl sites for hydroxylation is 1. The summed E-state index contributed by atoms with van der Waals surface area (Å²) in [6.45, 7) is 2.12. The summed E-state index contributed by atoms with van der Waals surface area (Å²) >= 11 is 6.37. The fourth-order valence-corrected chi connectivity index (χ4v) is 3.71. The molecular weight excluding hydrogens is 444 g/mol. The molecule has 2 aromatic heterocycles. The molecule has 0 radical (unpaired) electrons. The first-order chi connectivity index (χ1) is 15.8. The summed E-state index contributed by atoms with van der Waals surface area (Å²) in [5.74, 6) is 1.06. The number of aromatic nitrogens is 4. The van der Waals surface area contributed by atoms with Crippen LogP contribution >= 0.6 is 11.6 Å². The predicted molar refractivity (Wildman–Crippen MR) is 130 cm³/mol. The van der Waals surface area contributed by atoms with Crippen LogP contribution in [0.5, 0.6) is 5.75 Å². The van der Waals surface area contributed by atoms with Gasteiger partial charge in [-0.25, -0.2) is 10.2 Å². The Balaban J connectivity index is 1.83. The second kappa shape index (κ2) is 8.95. The van der Waals surface area contributed by atoms with E-state index >= 15 is 0 Å². The van der Waals surface area contributed by atoms with Crippen molar-refractivity contribution in [3.05, 3.63) is 85.5 Å². The zero-order valence-corrected chi connectivity index (χ0v) is 19.4. The summed E-state index contributed by atoms with van der Waals surface area (Å²) in [4.78, 5) is 30.0. The van der Waals surface area contributed by atoms with Gasteiger partial charge in [0.15, 0.2) is 11.2 Å². The van der Waals surface area contributed by atoms with E-state index in [-0.39, 0.29) is 17.7 Å². The number of hydrogen-bond donors (Lipinski definition) is 1. The van der Waals surface area contributed by atoms with E-state index in [1.807, 2.05) is 49.4 Å². The SMILES string of the molecule is COc1ccc(C(C)=NNc2nc3c(c(=O)n(C)c(=O)n3C)n2Cc2ccccc2Cl)cc1. The maximum Gasteiger partial charge on any atom is 0.332 e. The van der Waals surface area contributed by atoms with Gasteiger partial charge in [-0.05, 0) is 48.4 Å². The van der Waals surface area contributed by atoms with Gasteiger partial charge in [0.05, 0.1) is 19.4 Å². The quantitative estimate of drug-likeness (QED) is 0.348. The Morgan fingerprint density at radius 2 is 1.79 bits per heavy atom. The average molecular weight is 467 g/mol. The Kier molecular flexibility index (Phi) is 6.06. The molecule has 0 amide bonds. The molecule has 9 nitrogen and oxygen atoms in total. The lowest BCUT2D eigenvalue weighted by Gasteiger charge is -2.11. The number of halogens is 1. The van der Waals surface area contributed by atoms with Crippen LogP contribution in [-0.4, -0.2) is 31.5 Å². The number of methoxy groups -OCH3 is 1. The second-order valence-electron chi connectivity index (χ2n) is 7.53. The van der Waals surface area contributed by atoms with Gasteiger partial charge < -0.3 is 4.74 Å². The highest BCUT2D eigenvalue weighted by Crippen LogP contribution is 2.22. The third-order valence-electron chi connectivity index (χ3n) is 5.47. The molecule has 0 saturated heterocycles. The molecule has 170 valence electrons. The van der Waals surface area contributed by atoms with Gasteiger partial charge in [-0.15, -0.1) is 0 Å². The summed E-state index contributed by atoms with van der Waals surface area (Å²) < 4.78 is 9.28. The zero-order valence-electron chi connectivity index (χ0n) is 18.7. The molecule has 4 rings (SSSR count). The molecule has 1 N–H and O–H groups in total. The molecule has 0 spiro atoms. The van der Waals surface area contributed by atoms with Gasteiger partial charge >= 0.3 is 5.69 Å². The smallest absolute Gasteiger partial charge is 0.332 e. The monoisotopic (exact) mass is 466 g/mol. The van der Waals surface area contributed by atoms with Crippen molar-refractivity contribution in [1.82, 2.24) is 18.7 Å². The van der Waals surface area contributed by atoms with Gasteiger partial charge in [-0.1, -0.05) is 29.8 Å². The largest absolute Gasteiger partial charge is 0.497 e. The topological polar surface area (TPSA) is 95.4 Å². The fraction of sp³-hybridized carbons (Fsp3) is 0.217. The number of rotatable bonds is 6. The number of nitrogens with zero attached hydrogens (tertiary/aromatic N) is 5. The zero-order chi connectivity index (χ0) is 23.7. The molecule has 33 heavy (non-hydrogen) atoms. The van der Waals surface area contributed by atoms with Crippen LogP contribution in [0.1, 0.15) is 18.1 Å². The van der Waals surface area contributed by atoms with Crippen LogP contribution in [0, 0.1) is 0 Å². The molecule has 0 unspecified atom stereocenters. The number of fused-ring (bicyclic) bond motifs is 1. The summed E-state index contributed by atoms with van der Waals surface area (Å²) in [6.07, 6.45) is 0. The molecule has 0 bridgehead atoms. The van der Waals surface area contributed by atoms with Crippen LogP contribution in [0.2, 0.25) is 5.02 Å². The van der Waals surface area contributed by atoms with Crippen LogP contribution < -0.4 is 21.4 Å². The third kappa shape index (κ3) is 4.14. The minimum Gasteiger partial charge on any atom is -0.497 e. The van der Waals surface area contributed by atoms with E-state index < -0.39 is 11.2 Å². The maximum absolute atomic E-state index is 13.0. The van der Waals surface area contributed by atoms with Gasteiger partial charge in [0.2, 0.25) is 5.95 Å². The van der Waals surface area contributed by atoms with E-state index in [1.165, 1.54) is 11.6 Å². The highest BCUT2D eigenvalue weighted by molar-refractivity contribution is 6.31. The van der Waals surface area contributed by atoms with Gasteiger partial charge in [0.25, 0.3) is 5.56 Å². The summed E-state index contributed by atoms with van der Waals surface area (Å²) in [7, 11) is 4.63. The normalized spacial score (nSPS) is 11.7. The molecule has 2 heterocycles. The highest BCUT2D eigenvalue weighted by atomic mass is 35.5. The van der Waals surface area contributed by atoms with Gasteiger partial charge in [-0.2, -0.15) is 10.1 Å². The number of ether oxygens (including phenoxy) is 1. The number of hydrogen-bond acceptors (Lipinski definition) is 6. The predicted octanol–water partition coefficient (Wildman–Crippen LogP) is 2.98. The van der Waals surface area contributed by atoms with Crippen molar-refractivity contribution in [2.45, 2.75) is 13.5 Å². The lowest BCUT2D eigenvalue weighted by Crippen LogP contribution is -2.37. The number of imidazole rings is 1. The van der Waals surface area contributed by atoms with Crippen molar-refractivity contribution >= 4 is 34.4 Å². The first-order valence-electron chi connectivity index (χ1n) is 10.2. The first-order valence-corrected chi connectivity index (χ1v) is 10.5. The van der Waals surface area contributed by atoms with Gasteiger partial charge in [-0.3, -0.25) is 18.5 Å². The molecule has 10 heteroatoms. The van der Waals surface area contributed by atoms with Crippen molar-refractivity contribution < 1.29 is 4.74 Å². The van der Waals surface area contributed by atoms with E-state index in [0.717, 1.165) is 21.4 Å². The van der Waals surface area contributed by atoms with Crippen molar-refractivity contribution in [2.24, 2.45) is 19.2 Å². The Labute approximate surface area is 194 Å². The summed E-state index contributed by atoms with van der Waals surface area (Å²) in [6, 6.07) is 14.8. The number of anilines is 1. The highest BCUT2D eigenvalue weighted by Gasteiger charge is 2.20. The Morgan fingerprint density at radius 1 is 1.09 bits per heavy atom. The van der Waals surface area contributed by atoms with Crippen LogP contribution in [-0.2, 0) is 20.6 Å². The molecule has 0 saturated carbocycles. The van der Waals surface area contributed by atoms with Crippen molar-refractivity contribution in [2.75, 3.05) is 12.5 Å². The van der Waals surface area contributed by atoms with E-state index in [4.69, 9.17) is 16.3 Å². The average Bonchev–Trinajstić information content (AvgIpc) is 3.19. The van der Waals surface area contributed by atoms with Crippen LogP contribution in [0.15, 0.2) is 63.2 Å². The Bertz CT molecular complexity index is 1480. The van der Waals surface area contributed by atoms with Gasteiger partial charge in [0.1, 0.15) is 5.75 Å². The number of nitrogens with one attached hydrogen (secondary N) is 1. The van der Waals surface area contributed by atoms with E-state index in [1.54, 1.807) is 24.8 Å². The van der Waals surface area contributed by atoms with Crippen molar-refractivity contribution in [3.63, 3.8) is 0 Å². The molecule has 0 aliphatic heterocycles. The maximum atomic E-state index is 13.0. The molecule has 2 aromatic carbocycles. The van der Waals surface area contributed by atoms with E-state index in [2.05, 4.69) is 15.5 Å². The number of benzene rings is 2. The Hall–Kier alpha value is -3.85. The lowest BCUT2D eigenvalue weighted by molar-refractivity contribution is 0.415. The summed E-state index contributed by atoms with van der Waals surface area (Å²) in [5, 5.41) is 5.02. The van der Waals surface area contributed by atoms with E-state index in [9.17, 15) is 9.59 Å². The standard InChI is InChI=1S/C23H23ClN6O3/c1-14(15-9-11-17(33-4)12-10-15)26-27-22-25-20-19(21(31)29(3)23(32)28(20)2)30(22)13-16-7-5-6-8-18(16)24/h5-12H,13H2,1-4H3,(H,25,27). The van der Waals surface area contributed by atoms with Gasteiger partial charge in [0, 0.05) is 19.1 Å². The molecule has 0 aliphatic carbocycles. The minimum absolute atomic E-state index is 0.259.